The molecule has 0 bridgehead atoms. The normalized spacial score (nSPS) is 37.0. The van der Waals surface area contributed by atoms with Crippen molar-refractivity contribution in [2.75, 3.05) is 26.2 Å². The molecule has 2 saturated heterocycles. The van der Waals surface area contributed by atoms with Crippen LogP contribution in [0.1, 0.15) is 19.3 Å². The Morgan fingerprint density at radius 1 is 1.14 bits per heavy atom. The highest BCUT2D eigenvalue weighted by molar-refractivity contribution is 5.79. The first-order chi connectivity index (χ1) is 6.84. The summed E-state index contributed by atoms with van der Waals surface area (Å²) in [6.07, 6.45) is 3.55. The molecule has 3 aliphatic rings. The molecule has 0 aromatic rings. The molecule has 2 aliphatic heterocycles. The average Bonchev–Trinajstić information content (AvgIpc) is 2.56. The van der Waals surface area contributed by atoms with Crippen LogP contribution in [0.25, 0.3) is 0 Å². The lowest BCUT2D eigenvalue weighted by Gasteiger charge is -2.29. The van der Waals surface area contributed by atoms with Crippen molar-refractivity contribution >= 4 is 5.91 Å². The molecule has 2 atom stereocenters. The second kappa shape index (κ2) is 3.23. The average molecular weight is 194 g/mol. The number of carbonyl (C=O) groups excluding carboxylic acids is 1. The molecule has 3 heteroatoms. The minimum atomic E-state index is 0.391. The van der Waals surface area contributed by atoms with Crippen molar-refractivity contribution in [2.24, 2.45) is 17.8 Å². The van der Waals surface area contributed by atoms with Crippen molar-refractivity contribution < 1.29 is 4.79 Å². The van der Waals surface area contributed by atoms with Gasteiger partial charge in [-0.25, -0.2) is 0 Å². The molecular formula is C11H18N2O. The summed E-state index contributed by atoms with van der Waals surface area (Å²) in [6, 6.07) is 0. The van der Waals surface area contributed by atoms with E-state index >= 15 is 0 Å². The highest BCUT2D eigenvalue weighted by Crippen LogP contribution is 2.32. The van der Waals surface area contributed by atoms with Crippen LogP contribution in [-0.4, -0.2) is 37.0 Å². The van der Waals surface area contributed by atoms with Gasteiger partial charge < -0.3 is 10.2 Å². The molecule has 1 saturated carbocycles. The summed E-state index contributed by atoms with van der Waals surface area (Å²) < 4.78 is 0. The zero-order valence-electron chi connectivity index (χ0n) is 8.54. The van der Waals surface area contributed by atoms with E-state index in [9.17, 15) is 4.79 Å². The summed E-state index contributed by atoms with van der Waals surface area (Å²) in [6.45, 7) is 4.29. The van der Waals surface area contributed by atoms with Crippen LogP contribution >= 0.6 is 0 Å². The molecule has 3 nitrogen and oxygen atoms in total. The van der Waals surface area contributed by atoms with Crippen molar-refractivity contribution in [3.8, 4) is 0 Å². The van der Waals surface area contributed by atoms with Gasteiger partial charge in [-0.2, -0.15) is 0 Å². The lowest BCUT2D eigenvalue weighted by Crippen LogP contribution is -2.38. The first kappa shape index (κ1) is 8.72. The van der Waals surface area contributed by atoms with Crippen LogP contribution in [0.4, 0.5) is 0 Å². The number of hydrogen-bond acceptors (Lipinski definition) is 2. The number of amides is 1. The number of nitrogens with one attached hydrogen (secondary N) is 1. The van der Waals surface area contributed by atoms with Crippen LogP contribution in [0.3, 0.4) is 0 Å². The third-order valence-electron chi connectivity index (χ3n) is 4.16. The van der Waals surface area contributed by atoms with Crippen LogP contribution in [-0.2, 0) is 4.79 Å². The summed E-state index contributed by atoms with van der Waals surface area (Å²) in [4.78, 5) is 14.1. The smallest absolute Gasteiger partial charge is 0.225 e. The number of fused-ring (bicyclic) bond motifs is 1. The largest absolute Gasteiger partial charge is 0.342 e. The van der Waals surface area contributed by atoms with E-state index in [2.05, 4.69) is 10.2 Å². The number of likely N-dealkylation sites (tertiary alicyclic amines) is 1. The maximum Gasteiger partial charge on any atom is 0.225 e. The molecule has 1 aliphatic carbocycles. The summed E-state index contributed by atoms with van der Waals surface area (Å²) in [5.41, 5.74) is 0. The van der Waals surface area contributed by atoms with E-state index in [-0.39, 0.29) is 0 Å². The van der Waals surface area contributed by atoms with Crippen molar-refractivity contribution in [3.63, 3.8) is 0 Å². The third-order valence-corrected chi connectivity index (χ3v) is 4.16. The summed E-state index contributed by atoms with van der Waals surface area (Å²) >= 11 is 0. The Labute approximate surface area is 84.8 Å². The number of rotatable bonds is 1. The molecule has 0 spiro atoms. The van der Waals surface area contributed by atoms with Gasteiger partial charge in [0, 0.05) is 32.1 Å². The highest BCUT2D eigenvalue weighted by Gasteiger charge is 2.40. The molecule has 0 aromatic heterocycles. The number of nitrogens with zero attached hydrogens (tertiary/aromatic N) is 1. The molecule has 0 aromatic carbocycles. The maximum absolute atomic E-state index is 12.0. The van der Waals surface area contributed by atoms with Gasteiger partial charge in [-0.1, -0.05) is 6.42 Å². The lowest BCUT2D eigenvalue weighted by atomic mass is 9.84. The second-order valence-corrected chi connectivity index (χ2v) is 5.05. The Balaban J connectivity index is 1.61. The van der Waals surface area contributed by atoms with Crippen molar-refractivity contribution in [2.45, 2.75) is 19.3 Å². The topological polar surface area (TPSA) is 32.3 Å². The van der Waals surface area contributed by atoms with Crippen LogP contribution in [0, 0.1) is 17.8 Å². The van der Waals surface area contributed by atoms with E-state index in [0.717, 1.165) is 50.9 Å². The minimum Gasteiger partial charge on any atom is -0.342 e. The van der Waals surface area contributed by atoms with Gasteiger partial charge in [-0.15, -0.1) is 0 Å². The van der Waals surface area contributed by atoms with Gasteiger partial charge >= 0.3 is 0 Å². The molecular weight excluding hydrogens is 176 g/mol. The first-order valence-corrected chi connectivity index (χ1v) is 5.84. The first-order valence-electron chi connectivity index (χ1n) is 5.84. The SMILES string of the molecule is O=C(C1CCC1)N1C[C@H]2CNC[C@H]2C1. The molecule has 2 heterocycles. The van der Waals surface area contributed by atoms with E-state index in [1.807, 2.05) is 0 Å². The van der Waals surface area contributed by atoms with E-state index in [0.29, 0.717) is 11.8 Å². The number of carbonyl (C=O) groups is 1. The van der Waals surface area contributed by atoms with Gasteiger partial charge in [-0.05, 0) is 24.7 Å². The Morgan fingerprint density at radius 2 is 1.79 bits per heavy atom. The fraction of sp³-hybridized carbons (Fsp3) is 0.909. The zero-order valence-corrected chi connectivity index (χ0v) is 8.54. The van der Waals surface area contributed by atoms with Gasteiger partial charge in [0.2, 0.25) is 5.91 Å². The zero-order chi connectivity index (χ0) is 9.54. The molecule has 0 unspecified atom stereocenters. The van der Waals surface area contributed by atoms with E-state index in [1.54, 1.807) is 0 Å². The highest BCUT2D eigenvalue weighted by atomic mass is 16.2. The van der Waals surface area contributed by atoms with Gasteiger partial charge in [0.15, 0.2) is 0 Å². The molecule has 3 rings (SSSR count). The Hall–Kier alpha value is -0.570. The van der Waals surface area contributed by atoms with E-state index < -0.39 is 0 Å². The van der Waals surface area contributed by atoms with Gasteiger partial charge in [0.25, 0.3) is 0 Å². The predicted molar refractivity (Wildman–Crippen MR) is 53.8 cm³/mol. The van der Waals surface area contributed by atoms with Crippen LogP contribution in [0.5, 0.6) is 0 Å². The fourth-order valence-electron chi connectivity index (χ4n) is 2.95. The molecule has 1 amide bonds. The quantitative estimate of drug-likeness (QED) is 0.658. The van der Waals surface area contributed by atoms with Gasteiger partial charge in [0.05, 0.1) is 0 Å². The Kier molecular flexibility index (Phi) is 2.01. The van der Waals surface area contributed by atoms with Crippen molar-refractivity contribution in [1.29, 1.82) is 0 Å². The van der Waals surface area contributed by atoms with E-state index in [4.69, 9.17) is 0 Å². The van der Waals surface area contributed by atoms with Gasteiger partial charge in [-0.3, -0.25) is 4.79 Å². The Morgan fingerprint density at radius 3 is 2.29 bits per heavy atom. The summed E-state index contributed by atoms with van der Waals surface area (Å²) in [5, 5.41) is 3.40. The second-order valence-electron chi connectivity index (χ2n) is 5.05. The van der Waals surface area contributed by atoms with E-state index in [1.165, 1.54) is 6.42 Å². The monoisotopic (exact) mass is 194 g/mol. The van der Waals surface area contributed by atoms with Gasteiger partial charge in [0.1, 0.15) is 0 Å². The fourth-order valence-corrected chi connectivity index (χ4v) is 2.95. The molecule has 3 fully saturated rings. The van der Waals surface area contributed by atoms with Crippen LogP contribution in [0.15, 0.2) is 0 Å². The third kappa shape index (κ3) is 1.26. The van der Waals surface area contributed by atoms with Crippen molar-refractivity contribution in [3.05, 3.63) is 0 Å². The maximum atomic E-state index is 12.0. The van der Waals surface area contributed by atoms with Crippen LogP contribution in [0.2, 0.25) is 0 Å². The minimum absolute atomic E-state index is 0.391. The summed E-state index contributed by atoms with van der Waals surface area (Å²) in [7, 11) is 0. The standard InChI is InChI=1S/C11H18N2O/c14-11(8-2-1-3-8)13-6-9-4-12-5-10(9)7-13/h8-10,12H,1-7H2/t9-,10+. The Bertz CT molecular complexity index is 238. The van der Waals surface area contributed by atoms with Crippen LogP contribution < -0.4 is 5.32 Å². The summed E-state index contributed by atoms with van der Waals surface area (Å²) in [5.74, 6) is 2.34. The molecule has 78 valence electrons. The predicted octanol–water partition coefficient (Wildman–Crippen LogP) is 0.464. The molecule has 14 heavy (non-hydrogen) atoms. The molecule has 1 N–H and O–H groups in total. The number of hydrogen-bond donors (Lipinski definition) is 1. The van der Waals surface area contributed by atoms with Crippen molar-refractivity contribution in [1.82, 2.24) is 10.2 Å². The lowest BCUT2D eigenvalue weighted by molar-refractivity contribution is -0.137. The molecule has 0 radical (unpaired) electrons.